The van der Waals surface area contributed by atoms with Gasteiger partial charge in [0.2, 0.25) is 0 Å². The van der Waals surface area contributed by atoms with Crippen LogP contribution in [0.4, 0.5) is 0 Å². The van der Waals surface area contributed by atoms with E-state index in [1.165, 1.54) is 6.92 Å². The second-order valence-corrected chi connectivity index (χ2v) is 6.18. The van der Waals surface area contributed by atoms with E-state index < -0.39 is 48.4 Å². The van der Waals surface area contributed by atoms with E-state index in [2.05, 4.69) is 0 Å². The third-order valence-corrected chi connectivity index (χ3v) is 4.64. The van der Waals surface area contributed by atoms with Crippen LogP contribution in [-0.2, 0) is 19.0 Å². The lowest BCUT2D eigenvalue weighted by Crippen LogP contribution is -2.63. The second-order valence-electron chi connectivity index (χ2n) is 6.18. The molecule has 0 amide bonds. The van der Waals surface area contributed by atoms with Crippen molar-refractivity contribution in [3.05, 3.63) is 0 Å². The summed E-state index contributed by atoms with van der Waals surface area (Å²) in [5.41, 5.74) is 0. The van der Waals surface area contributed by atoms with Crippen molar-refractivity contribution in [3.63, 3.8) is 0 Å². The van der Waals surface area contributed by atoms with Crippen molar-refractivity contribution in [3.8, 4) is 0 Å². The van der Waals surface area contributed by atoms with Gasteiger partial charge < -0.3 is 29.5 Å². The van der Waals surface area contributed by atoms with Gasteiger partial charge in [0.05, 0.1) is 0 Å². The van der Waals surface area contributed by atoms with Crippen molar-refractivity contribution in [2.45, 2.75) is 81.4 Å². The zero-order valence-corrected chi connectivity index (χ0v) is 12.0. The Morgan fingerprint density at radius 3 is 2.24 bits per heavy atom. The number of hydrogen-bond acceptors (Lipinski definition) is 7. The molecule has 3 rings (SSSR count). The Balaban J connectivity index is 1.84. The van der Waals surface area contributed by atoms with Gasteiger partial charge in [0.1, 0.15) is 30.5 Å². The average molecular weight is 302 g/mol. The fourth-order valence-electron chi connectivity index (χ4n) is 3.62. The fraction of sp³-hybridized carbons (Fsp3) is 0.929. The van der Waals surface area contributed by atoms with Gasteiger partial charge >= 0.3 is 5.97 Å². The van der Waals surface area contributed by atoms with E-state index in [-0.39, 0.29) is 0 Å². The van der Waals surface area contributed by atoms with Gasteiger partial charge in [-0.1, -0.05) is 6.42 Å². The van der Waals surface area contributed by atoms with Crippen LogP contribution in [-0.4, -0.2) is 63.7 Å². The maximum absolute atomic E-state index is 11.2. The molecule has 0 aromatic carbocycles. The number of carbonyl (C=O) groups is 1. The molecule has 6 atom stereocenters. The zero-order valence-electron chi connectivity index (χ0n) is 12.0. The van der Waals surface area contributed by atoms with Gasteiger partial charge in [-0.3, -0.25) is 4.79 Å². The van der Waals surface area contributed by atoms with E-state index in [4.69, 9.17) is 14.2 Å². The van der Waals surface area contributed by atoms with Crippen LogP contribution in [0.2, 0.25) is 0 Å². The Labute approximate surface area is 122 Å². The molecule has 0 aromatic heterocycles. The Kier molecular flexibility index (Phi) is 3.96. The largest absolute Gasteiger partial charge is 0.457 e. The number of aliphatic hydroxyl groups excluding tert-OH is 3. The van der Waals surface area contributed by atoms with Gasteiger partial charge in [-0.25, -0.2) is 0 Å². The molecule has 120 valence electrons. The van der Waals surface area contributed by atoms with Crippen LogP contribution in [0.25, 0.3) is 0 Å². The summed E-state index contributed by atoms with van der Waals surface area (Å²) >= 11 is 0. The zero-order chi connectivity index (χ0) is 15.2. The van der Waals surface area contributed by atoms with E-state index >= 15 is 0 Å². The molecule has 0 unspecified atom stereocenters. The molecule has 3 fully saturated rings. The summed E-state index contributed by atoms with van der Waals surface area (Å²) in [7, 11) is 0. The van der Waals surface area contributed by atoms with Crippen molar-refractivity contribution in [1.29, 1.82) is 0 Å². The summed E-state index contributed by atoms with van der Waals surface area (Å²) in [6.45, 7) is 1.23. The standard InChI is InChI=1S/C14H22O7/c1-7(15)19-11-9(17)8(16)10(18)12-13(11)21-14(20-12)5-3-2-4-6-14/h8-13,16-18H,2-6H2,1H3/t8-,9-,10+,11+,12+,13-/m1/s1. The van der Waals surface area contributed by atoms with Crippen LogP contribution in [0, 0.1) is 0 Å². The summed E-state index contributed by atoms with van der Waals surface area (Å²) in [6.07, 6.45) is -2.28. The average Bonchev–Trinajstić information content (AvgIpc) is 2.81. The predicted octanol–water partition coefficient (Wildman–Crippen LogP) is -0.541. The number of rotatable bonds is 1. The lowest BCUT2D eigenvalue weighted by molar-refractivity contribution is -0.211. The first-order chi connectivity index (χ1) is 9.93. The molecule has 3 aliphatic rings. The molecule has 1 spiro atoms. The molecule has 3 N–H and O–H groups in total. The summed E-state index contributed by atoms with van der Waals surface area (Å²) in [6, 6.07) is 0. The summed E-state index contributed by atoms with van der Waals surface area (Å²) in [5, 5.41) is 30.1. The SMILES string of the molecule is CC(=O)O[C@H]1[C@H](O)[C@@H](O)[C@H](O)[C@@H]2OC3(CCCCC3)O[C@H]12. The highest BCUT2D eigenvalue weighted by atomic mass is 16.8. The first kappa shape index (κ1) is 15.2. The van der Waals surface area contributed by atoms with Gasteiger partial charge in [-0.05, 0) is 12.8 Å². The van der Waals surface area contributed by atoms with Gasteiger partial charge in [0.15, 0.2) is 11.9 Å². The number of hydrogen-bond donors (Lipinski definition) is 3. The van der Waals surface area contributed by atoms with Crippen LogP contribution in [0.1, 0.15) is 39.0 Å². The number of ether oxygens (including phenoxy) is 3. The van der Waals surface area contributed by atoms with E-state index in [0.29, 0.717) is 12.8 Å². The van der Waals surface area contributed by atoms with Crippen molar-refractivity contribution < 1.29 is 34.3 Å². The molecule has 0 aromatic rings. The normalized spacial score (nSPS) is 45.3. The number of aliphatic hydroxyl groups is 3. The monoisotopic (exact) mass is 302 g/mol. The number of fused-ring (bicyclic) bond motifs is 1. The molecule has 7 nitrogen and oxygen atoms in total. The third-order valence-electron chi connectivity index (χ3n) is 4.64. The quantitative estimate of drug-likeness (QED) is 0.559. The van der Waals surface area contributed by atoms with Gasteiger partial charge in [0, 0.05) is 19.8 Å². The molecule has 1 heterocycles. The maximum atomic E-state index is 11.2. The molecule has 21 heavy (non-hydrogen) atoms. The molecule has 0 radical (unpaired) electrons. The summed E-state index contributed by atoms with van der Waals surface area (Å²) in [5.74, 6) is -1.37. The van der Waals surface area contributed by atoms with Gasteiger partial charge in [-0.15, -0.1) is 0 Å². The number of carbonyl (C=O) groups excluding carboxylic acids is 1. The molecule has 1 aliphatic heterocycles. The molecular formula is C14H22O7. The lowest BCUT2D eigenvalue weighted by Gasteiger charge is -2.40. The van der Waals surface area contributed by atoms with E-state index in [1.807, 2.05) is 0 Å². The first-order valence-corrected chi connectivity index (χ1v) is 7.51. The lowest BCUT2D eigenvalue weighted by atomic mass is 9.85. The van der Waals surface area contributed by atoms with Crippen molar-refractivity contribution in [1.82, 2.24) is 0 Å². The van der Waals surface area contributed by atoms with Crippen molar-refractivity contribution >= 4 is 5.97 Å². The smallest absolute Gasteiger partial charge is 0.303 e. The summed E-state index contributed by atoms with van der Waals surface area (Å²) in [4.78, 5) is 11.2. The molecule has 2 aliphatic carbocycles. The highest BCUT2D eigenvalue weighted by Gasteiger charge is 2.60. The van der Waals surface area contributed by atoms with E-state index in [9.17, 15) is 20.1 Å². The number of esters is 1. The van der Waals surface area contributed by atoms with E-state index in [0.717, 1.165) is 19.3 Å². The Hall–Kier alpha value is -0.730. The van der Waals surface area contributed by atoms with Crippen LogP contribution >= 0.6 is 0 Å². The highest BCUT2D eigenvalue weighted by molar-refractivity contribution is 5.66. The van der Waals surface area contributed by atoms with Crippen molar-refractivity contribution in [2.24, 2.45) is 0 Å². The van der Waals surface area contributed by atoms with Crippen molar-refractivity contribution in [2.75, 3.05) is 0 Å². The molecule has 2 saturated carbocycles. The molecular weight excluding hydrogens is 280 g/mol. The Morgan fingerprint density at radius 1 is 1.00 bits per heavy atom. The minimum absolute atomic E-state index is 0.574. The second kappa shape index (κ2) is 5.48. The predicted molar refractivity (Wildman–Crippen MR) is 69.1 cm³/mol. The van der Waals surface area contributed by atoms with Crippen LogP contribution in [0.15, 0.2) is 0 Å². The maximum Gasteiger partial charge on any atom is 0.303 e. The Morgan fingerprint density at radius 2 is 1.62 bits per heavy atom. The molecule has 7 heteroatoms. The fourth-order valence-corrected chi connectivity index (χ4v) is 3.62. The van der Waals surface area contributed by atoms with Gasteiger partial charge in [0.25, 0.3) is 0 Å². The van der Waals surface area contributed by atoms with Gasteiger partial charge in [-0.2, -0.15) is 0 Å². The van der Waals surface area contributed by atoms with Crippen LogP contribution in [0.3, 0.4) is 0 Å². The third kappa shape index (κ3) is 2.57. The van der Waals surface area contributed by atoms with Crippen LogP contribution < -0.4 is 0 Å². The first-order valence-electron chi connectivity index (χ1n) is 7.51. The molecule has 0 bridgehead atoms. The molecule has 1 saturated heterocycles. The van der Waals surface area contributed by atoms with E-state index in [1.54, 1.807) is 0 Å². The highest BCUT2D eigenvalue weighted by Crippen LogP contribution is 2.45. The Bertz CT molecular complexity index is 406. The topological polar surface area (TPSA) is 105 Å². The summed E-state index contributed by atoms with van der Waals surface area (Å²) < 4.78 is 17.0. The minimum atomic E-state index is -1.43. The minimum Gasteiger partial charge on any atom is -0.457 e. The van der Waals surface area contributed by atoms with Crippen LogP contribution in [0.5, 0.6) is 0 Å².